The smallest absolute Gasteiger partial charge is 0.410 e. The Hall–Kier alpha value is -1.55. The van der Waals surface area contributed by atoms with Gasteiger partial charge in [-0.3, -0.25) is 0 Å². The second-order valence-electron chi connectivity index (χ2n) is 6.63. The second kappa shape index (κ2) is 6.94. The van der Waals surface area contributed by atoms with Crippen molar-refractivity contribution in [3.63, 3.8) is 0 Å². The first-order chi connectivity index (χ1) is 9.94. The van der Waals surface area contributed by atoms with E-state index in [4.69, 9.17) is 4.74 Å². The Bertz CT molecular complexity index is 448. The Labute approximate surface area is 127 Å². The standard InChI is InChI=1S/C17H26N2O2/c1-17(2,3)21-16(20)19-12-15(13-19)18-11-7-10-14-8-5-4-6-9-14/h4-6,8-9,15,18H,7,10-13H2,1-3H3. The molecule has 1 heterocycles. The van der Waals surface area contributed by atoms with Crippen molar-refractivity contribution in [2.24, 2.45) is 0 Å². The summed E-state index contributed by atoms with van der Waals surface area (Å²) in [4.78, 5) is 13.5. The number of nitrogens with zero attached hydrogens (tertiary/aromatic N) is 1. The lowest BCUT2D eigenvalue weighted by atomic mass is 10.1. The van der Waals surface area contributed by atoms with Crippen LogP contribution in [0.25, 0.3) is 0 Å². The maximum Gasteiger partial charge on any atom is 0.410 e. The summed E-state index contributed by atoms with van der Waals surface area (Å²) in [6.07, 6.45) is 2.01. The Balaban J connectivity index is 1.56. The molecule has 0 atom stereocenters. The number of carbonyl (C=O) groups excluding carboxylic acids is 1. The molecule has 0 unspecified atom stereocenters. The van der Waals surface area contributed by atoms with E-state index in [2.05, 4.69) is 29.6 Å². The van der Waals surface area contributed by atoms with E-state index >= 15 is 0 Å². The van der Waals surface area contributed by atoms with E-state index < -0.39 is 5.60 Å². The third-order valence-electron chi connectivity index (χ3n) is 3.45. The minimum Gasteiger partial charge on any atom is -0.444 e. The maximum absolute atomic E-state index is 11.8. The fourth-order valence-corrected chi connectivity index (χ4v) is 2.33. The van der Waals surface area contributed by atoms with Crippen LogP contribution in [0.4, 0.5) is 4.79 Å². The van der Waals surface area contributed by atoms with Crippen molar-refractivity contribution in [2.75, 3.05) is 19.6 Å². The fourth-order valence-electron chi connectivity index (χ4n) is 2.33. The van der Waals surface area contributed by atoms with Crippen LogP contribution in [0.15, 0.2) is 30.3 Å². The summed E-state index contributed by atoms with van der Waals surface area (Å²) in [5.41, 5.74) is 0.967. The monoisotopic (exact) mass is 290 g/mol. The lowest BCUT2D eigenvalue weighted by Crippen LogP contribution is -2.60. The van der Waals surface area contributed by atoms with Gasteiger partial charge in [0.25, 0.3) is 0 Å². The van der Waals surface area contributed by atoms with Crippen molar-refractivity contribution in [2.45, 2.75) is 45.3 Å². The number of amides is 1. The molecule has 21 heavy (non-hydrogen) atoms. The molecule has 0 saturated carbocycles. The minimum absolute atomic E-state index is 0.204. The van der Waals surface area contributed by atoms with E-state index in [1.54, 1.807) is 4.90 Å². The predicted molar refractivity (Wildman–Crippen MR) is 84.4 cm³/mol. The molecule has 0 aromatic heterocycles. The van der Waals surface area contributed by atoms with E-state index in [0.29, 0.717) is 6.04 Å². The maximum atomic E-state index is 11.8. The molecule has 0 aliphatic carbocycles. The summed E-state index contributed by atoms with van der Waals surface area (Å²) in [6, 6.07) is 10.9. The van der Waals surface area contributed by atoms with Gasteiger partial charge in [-0.1, -0.05) is 30.3 Å². The first-order valence-corrected chi connectivity index (χ1v) is 7.69. The van der Waals surface area contributed by atoms with E-state index in [-0.39, 0.29) is 6.09 Å². The molecule has 116 valence electrons. The van der Waals surface area contributed by atoms with Gasteiger partial charge >= 0.3 is 6.09 Å². The van der Waals surface area contributed by atoms with E-state index in [9.17, 15) is 4.79 Å². The van der Waals surface area contributed by atoms with Crippen LogP contribution in [0.2, 0.25) is 0 Å². The number of hydrogen-bond donors (Lipinski definition) is 1. The first-order valence-electron chi connectivity index (χ1n) is 7.69. The van der Waals surface area contributed by atoms with Gasteiger partial charge in [0.1, 0.15) is 5.60 Å². The molecule has 1 aromatic rings. The summed E-state index contributed by atoms with van der Waals surface area (Å²) in [7, 11) is 0. The van der Waals surface area contributed by atoms with E-state index in [0.717, 1.165) is 32.5 Å². The lowest BCUT2D eigenvalue weighted by molar-refractivity contribution is 0.00537. The Morgan fingerprint density at radius 3 is 2.57 bits per heavy atom. The van der Waals surface area contributed by atoms with Crippen molar-refractivity contribution in [3.8, 4) is 0 Å². The Kier molecular flexibility index (Phi) is 5.23. The van der Waals surface area contributed by atoms with Crippen LogP contribution in [-0.4, -0.2) is 42.3 Å². The number of benzene rings is 1. The number of rotatable bonds is 5. The highest BCUT2D eigenvalue weighted by Crippen LogP contribution is 2.15. The van der Waals surface area contributed by atoms with Gasteiger partial charge < -0.3 is 15.0 Å². The zero-order valence-electron chi connectivity index (χ0n) is 13.3. The topological polar surface area (TPSA) is 41.6 Å². The highest BCUT2D eigenvalue weighted by Gasteiger charge is 2.33. The minimum atomic E-state index is -0.411. The van der Waals surface area contributed by atoms with Gasteiger partial charge in [0.2, 0.25) is 0 Å². The molecule has 4 heteroatoms. The SMILES string of the molecule is CC(C)(C)OC(=O)N1CC(NCCCc2ccccc2)C1. The molecule has 1 aliphatic heterocycles. The molecule has 1 N–H and O–H groups in total. The van der Waals surface area contributed by atoms with Gasteiger partial charge in [-0.05, 0) is 45.7 Å². The van der Waals surface area contributed by atoms with Gasteiger partial charge in [0.05, 0.1) is 0 Å². The van der Waals surface area contributed by atoms with Gasteiger partial charge in [0, 0.05) is 19.1 Å². The Morgan fingerprint density at radius 2 is 1.95 bits per heavy atom. The van der Waals surface area contributed by atoms with Crippen molar-refractivity contribution >= 4 is 6.09 Å². The second-order valence-corrected chi connectivity index (χ2v) is 6.63. The molecule has 0 radical (unpaired) electrons. The largest absolute Gasteiger partial charge is 0.444 e. The van der Waals surface area contributed by atoms with Crippen LogP contribution in [0, 0.1) is 0 Å². The molecule has 1 fully saturated rings. The van der Waals surface area contributed by atoms with Crippen LogP contribution in [0.1, 0.15) is 32.8 Å². The summed E-state index contributed by atoms with van der Waals surface area (Å²) in [5, 5.41) is 3.49. The van der Waals surface area contributed by atoms with Crippen molar-refractivity contribution in [3.05, 3.63) is 35.9 Å². The number of ether oxygens (including phenoxy) is 1. The van der Waals surface area contributed by atoms with Crippen LogP contribution < -0.4 is 5.32 Å². The van der Waals surface area contributed by atoms with Crippen molar-refractivity contribution in [1.82, 2.24) is 10.2 Å². The molecular formula is C17H26N2O2. The summed E-state index contributed by atoms with van der Waals surface area (Å²) in [6.45, 7) is 8.17. The third-order valence-corrected chi connectivity index (χ3v) is 3.45. The molecular weight excluding hydrogens is 264 g/mol. The van der Waals surface area contributed by atoms with Gasteiger partial charge in [-0.2, -0.15) is 0 Å². The molecule has 1 saturated heterocycles. The van der Waals surface area contributed by atoms with Crippen molar-refractivity contribution < 1.29 is 9.53 Å². The van der Waals surface area contributed by atoms with Gasteiger partial charge in [-0.15, -0.1) is 0 Å². The van der Waals surface area contributed by atoms with Crippen LogP contribution >= 0.6 is 0 Å². The fraction of sp³-hybridized carbons (Fsp3) is 0.588. The van der Waals surface area contributed by atoms with Crippen LogP contribution in [0.3, 0.4) is 0 Å². The average molecular weight is 290 g/mol. The summed E-state index contributed by atoms with van der Waals surface area (Å²) in [5.74, 6) is 0. The molecule has 1 aromatic carbocycles. The highest BCUT2D eigenvalue weighted by atomic mass is 16.6. The molecule has 0 bridgehead atoms. The third kappa shape index (κ3) is 5.38. The highest BCUT2D eigenvalue weighted by molar-refractivity contribution is 5.69. The molecule has 2 rings (SSSR count). The quantitative estimate of drug-likeness (QED) is 0.848. The average Bonchev–Trinajstić information content (AvgIpc) is 2.35. The van der Waals surface area contributed by atoms with E-state index in [1.807, 2.05) is 26.8 Å². The lowest BCUT2D eigenvalue weighted by Gasteiger charge is -2.40. The summed E-state index contributed by atoms with van der Waals surface area (Å²) >= 11 is 0. The number of hydrogen-bond acceptors (Lipinski definition) is 3. The molecule has 1 aliphatic rings. The first kappa shape index (κ1) is 15.8. The number of nitrogens with one attached hydrogen (secondary N) is 1. The molecule has 0 spiro atoms. The van der Waals surface area contributed by atoms with Gasteiger partial charge in [-0.25, -0.2) is 4.79 Å². The van der Waals surface area contributed by atoms with Crippen LogP contribution in [-0.2, 0) is 11.2 Å². The van der Waals surface area contributed by atoms with E-state index in [1.165, 1.54) is 5.56 Å². The predicted octanol–water partition coefficient (Wildman–Crippen LogP) is 2.83. The van der Waals surface area contributed by atoms with Crippen LogP contribution in [0.5, 0.6) is 0 Å². The molecule has 1 amide bonds. The summed E-state index contributed by atoms with van der Waals surface area (Å²) < 4.78 is 5.33. The number of aryl methyl sites for hydroxylation is 1. The normalized spacial score (nSPS) is 15.7. The van der Waals surface area contributed by atoms with Gasteiger partial charge in [0.15, 0.2) is 0 Å². The number of likely N-dealkylation sites (tertiary alicyclic amines) is 1. The zero-order chi connectivity index (χ0) is 15.3. The molecule has 4 nitrogen and oxygen atoms in total. The zero-order valence-corrected chi connectivity index (χ0v) is 13.3. The Morgan fingerprint density at radius 1 is 1.29 bits per heavy atom. The number of carbonyl (C=O) groups is 1. The van der Waals surface area contributed by atoms with Crippen molar-refractivity contribution in [1.29, 1.82) is 0 Å².